The van der Waals surface area contributed by atoms with E-state index in [1.54, 1.807) is 24.3 Å². The van der Waals surface area contributed by atoms with Gasteiger partial charge in [0.1, 0.15) is 12.7 Å². The molecule has 2 aromatic rings. The summed E-state index contributed by atoms with van der Waals surface area (Å²) in [6.07, 6.45) is 2.98. The summed E-state index contributed by atoms with van der Waals surface area (Å²) >= 11 is 0. The number of methoxy groups -OCH3 is 1. The second kappa shape index (κ2) is 9.01. The van der Waals surface area contributed by atoms with Crippen molar-refractivity contribution in [3.05, 3.63) is 65.7 Å². The minimum absolute atomic E-state index is 0.0582. The smallest absolute Gasteiger partial charge is 0.331 e. The van der Waals surface area contributed by atoms with E-state index >= 15 is 0 Å². The fourth-order valence-electron chi connectivity index (χ4n) is 1.96. The van der Waals surface area contributed by atoms with E-state index in [9.17, 15) is 4.79 Å². The summed E-state index contributed by atoms with van der Waals surface area (Å²) in [4.78, 5) is 11.8. The molecule has 2 rings (SSSR count). The second-order valence-electron chi connectivity index (χ2n) is 4.78. The Kier molecular flexibility index (Phi) is 6.42. The van der Waals surface area contributed by atoms with Gasteiger partial charge in [-0.05, 0) is 29.3 Å². The molecular formula is C19H17NO4. The number of rotatable bonds is 7. The predicted octanol–water partition coefficient (Wildman–Crippen LogP) is 3.35. The number of carbonyl (C=O) groups is 1. The maximum atomic E-state index is 11.8. The van der Waals surface area contributed by atoms with E-state index in [-0.39, 0.29) is 13.2 Å². The third kappa shape index (κ3) is 5.18. The topological polar surface area (TPSA) is 68.6 Å². The minimum atomic E-state index is -0.428. The molecule has 0 radical (unpaired) electrons. The highest BCUT2D eigenvalue weighted by Gasteiger charge is 2.05. The first-order valence-electron chi connectivity index (χ1n) is 7.29. The second-order valence-corrected chi connectivity index (χ2v) is 4.78. The van der Waals surface area contributed by atoms with Crippen LogP contribution in [0.1, 0.15) is 11.1 Å². The summed E-state index contributed by atoms with van der Waals surface area (Å²) in [7, 11) is 1.51. The van der Waals surface area contributed by atoms with Gasteiger partial charge in [0, 0.05) is 6.08 Å². The van der Waals surface area contributed by atoms with Crippen LogP contribution in [0.4, 0.5) is 0 Å². The van der Waals surface area contributed by atoms with Crippen LogP contribution in [-0.2, 0) is 16.1 Å². The fraction of sp³-hybridized carbons (Fsp3) is 0.158. The first-order chi connectivity index (χ1) is 11.7. The van der Waals surface area contributed by atoms with Crippen LogP contribution in [0.25, 0.3) is 6.08 Å². The van der Waals surface area contributed by atoms with Gasteiger partial charge in [0.05, 0.1) is 7.11 Å². The zero-order valence-corrected chi connectivity index (χ0v) is 13.3. The third-order valence-corrected chi connectivity index (χ3v) is 3.12. The molecule has 0 aliphatic heterocycles. The lowest BCUT2D eigenvalue weighted by Crippen LogP contribution is -2.00. The molecule has 5 heteroatoms. The van der Waals surface area contributed by atoms with E-state index in [0.29, 0.717) is 11.5 Å². The van der Waals surface area contributed by atoms with Crippen molar-refractivity contribution in [3.8, 4) is 17.6 Å². The van der Waals surface area contributed by atoms with Crippen LogP contribution in [0.5, 0.6) is 11.5 Å². The largest absolute Gasteiger partial charge is 0.493 e. The molecule has 0 heterocycles. The number of ether oxygens (including phenoxy) is 3. The lowest BCUT2D eigenvalue weighted by atomic mass is 10.2. The molecule has 0 aliphatic carbocycles. The first kappa shape index (κ1) is 17.1. The van der Waals surface area contributed by atoms with Crippen molar-refractivity contribution in [3.63, 3.8) is 0 Å². The minimum Gasteiger partial charge on any atom is -0.493 e. The van der Waals surface area contributed by atoms with Gasteiger partial charge in [-0.3, -0.25) is 0 Å². The van der Waals surface area contributed by atoms with Gasteiger partial charge in [0.15, 0.2) is 18.1 Å². The first-order valence-corrected chi connectivity index (χ1v) is 7.29. The van der Waals surface area contributed by atoms with Crippen molar-refractivity contribution in [2.24, 2.45) is 0 Å². The molecule has 0 spiro atoms. The van der Waals surface area contributed by atoms with Gasteiger partial charge in [0.25, 0.3) is 0 Å². The third-order valence-electron chi connectivity index (χ3n) is 3.12. The van der Waals surface area contributed by atoms with E-state index in [0.717, 1.165) is 11.1 Å². The van der Waals surface area contributed by atoms with E-state index in [2.05, 4.69) is 0 Å². The number of benzene rings is 2. The van der Waals surface area contributed by atoms with E-state index in [1.807, 2.05) is 36.4 Å². The van der Waals surface area contributed by atoms with Crippen molar-refractivity contribution in [1.29, 1.82) is 5.26 Å². The van der Waals surface area contributed by atoms with Crippen molar-refractivity contribution < 1.29 is 19.0 Å². The van der Waals surface area contributed by atoms with Crippen molar-refractivity contribution in [1.82, 2.24) is 0 Å². The predicted molar refractivity (Wildman–Crippen MR) is 89.4 cm³/mol. The molecule has 0 amide bonds. The molecule has 0 aromatic heterocycles. The van der Waals surface area contributed by atoms with Crippen LogP contribution in [0.2, 0.25) is 0 Å². The molecule has 0 saturated heterocycles. The summed E-state index contributed by atoms with van der Waals surface area (Å²) < 4.78 is 15.6. The molecule has 0 unspecified atom stereocenters. The maximum absolute atomic E-state index is 11.8. The van der Waals surface area contributed by atoms with Crippen LogP contribution in [0.3, 0.4) is 0 Å². The highest BCUT2D eigenvalue weighted by molar-refractivity contribution is 5.87. The Balaban J connectivity index is 1.95. The molecule has 0 aliphatic rings. The molecule has 0 bridgehead atoms. The van der Waals surface area contributed by atoms with Gasteiger partial charge >= 0.3 is 5.97 Å². The van der Waals surface area contributed by atoms with Crippen LogP contribution in [0.15, 0.2) is 54.6 Å². The Labute approximate surface area is 140 Å². The summed E-state index contributed by atoms with van der Waals surface area (Å²) in [6, 6.07) is 16.5. The Bertz CT molecular complexity index is 748. The average Bonchev–Trinajstić information content (AvgIpc) is 2.64. The molecule has 5 nitrogen and oxygen atoms in total. The van der Waals surface area contributed by atoms with Crippen molar-refractivity contribution >= 4 is 12.0 Å². The molecular weight excluding hydrogens is 306 g/mol. The highest BCUT2D eigenvalue weighted by Crippen LogP contribution is 2.28. The monoisotopic (exact) mass is 323 g/mol. The Morgan fingerprint density at radius 3 is 2.67 bits per heavy atom. The number of nitriles is 1. The Morgan fingerprint density at radius 2 is 1.96 bits per heavy atom. The number of hydrogen-bond donors (Lipinski definition) is 0. The quantitative estimate of drug-likeness (QED) is 0.577. The van der Waals surface area contributed by atoms with Crippen LogP contribution in [-0.4, -0.2) is 19.7 Å². The van der Waals surface area contributed by atoms with E-state index in [1.165, 1.54) is 13.2 Å². The van der Waals surface area contributed by atoms with Crippen molar-refractivity contribution in [2.75, 3.05) is 13.7 Å². The standard InChI is InChI=1S/C19H17NO4/c1-22-18-13-15(7-9-17(18)23-12-11-20)8-10-19(21)24-14-16-5-3-2-4-6-16/h2-10,13H,12,14H2,1H3/b10-8+. The van der Waals surface area contributed by atoms with Crippen LogP contribution >= 0.6 is 0 Å². The SMILES string of the molecule is COc1cc(/C=C/C(=O)OCc2ccccc2)ccc1OCC#N. The summed E-state index contributed by atoms with van der Waals surface area (Å²) in [5, 5.41) is 8.55. The molecule has 122 valence electrons. The summed E-state index contributed by atoms with van der Waals surface area (Å²) in [6.45, 7) is 0.172. The lowest BCUT2D eigenvalue weighted by molar-refractivity contribution is -0.138. The fourth-order valence-corrected chi connectivity index (χ4v) is 1.96. The van der Waals surface area contributed by atoms with Gasteiger partial charge in [0.2, 0.25) is 0 Å². The Hall–Kier alpha value is -3.26. The molecule has 0 atom stereocenters. The molecule has 24 heavy (non-hydrogen) atoms. The number of nitrogens with zero attached hydrogens (tertiary/aromatic N) is 1. The zero-order chi connectivity index (χ0) is 17.2. The summed E-state index contributed by atoms with van der Waals surface area (Å²) in [5.41, 5.74) is 1.69. The zero-order valence-electron chi connectivity index (χ0n) is 13.3. The van der Waals surface area contributed by atoms with Crippen LogP contribution in [0, 0.1) is 11.3 Å². The van der Waals surface area contributed by atoms with Gasteiger partial charge in [-0.1, -0.05) is 36.4 Å². The number of hydrogen-bond acceptors (Lipinski definition) is 5. The van der Waals surface area contributed by atoms with Crippen molar-refractivity contribution in [2.45, 2.75) is 6.61 Å². The van der Waals surface area contributed by atoms with Gasteiger partial charge in [-0.15, -0.1) is 0 Å². The number of carbonyl (C=O) groups excluding carboxylic acids is 1. The van der Waals surface area contributed by atoms with Gasteiger partial charge in [-0.25, -0.2) is 4.79 Å². The van der Waals surface area contributed by atoms with E-state index in [4.69, 9.17) is 19.5 Å². The maximum Gasteiger partial charge on any atom is 0.331 e. The number of esters is 1. The molecule has 0 fully saturated rings. The molecule has 2 aromatic carbocycles. The highest BCUT2D eigenvalue weighted by atomic mass is 16.5. The molecule has 0 saturated carbocycles. The average molecular weight is 323 g/mol. The van der Waals surface area contributed by atoms with Gasteiger partial charge < -0.3 is 14.2 Å². The lowest BCUT2D eigenvalue weighted by Gasteiger charge is -2.08. The van der Waals surface area contributed by atoms with E-state index < -0.39 is 5.97 Å². The summed E-state index contributed by atoms with van der Waals surface area (Å²) in [5.74, 6) is 0.538. The molecule has 0 N–H and O–H groups in total. The Morgan fingerprint density at radius 1 is 1.17 bits per heavy atom. The normalized spacial score (nSPS) is 10.2. The van der Waals surface area contributed by atoms with Gasteiger partial charge in [-0.2, -0.15) is 5.26 Å². The van der Waals surface area contributed by atoms with Crippen LogP contribution < -0.4 is 9.47 Å².